The van der Waals surface area contributed by atoms with Crippen molar-refractivity contribution in [1.82, 2.24) is 14.5 Å². The van der Waals surface area contributed by atoms with Crippen LogP contribution in [0.15, 0.2) is 0 Å². The SMILES string of the molecule is COCCS(=O)(=O)N1CCNCC1C(=O)N(C)C. The molecule has 1 aliphatic heterocycles. The summed E-state index contributed by atoms with van der Waals surface area (Å²) in [6.07, 6.45) is 0. The number of amides is 1. The highest BCUT2D eigenvalue weighted by Gasteiger charge is 2.37. The van der Waals surface area contributed by atoms with Crippen LogP contribution in [0.4, 0.5) is 0 Å². The van der Waals surface area contributed by atoms with Crippen LogP contribution >= 0.6 is 0 Å². The molecule has 0 saturated carbocycles. The predicted octanol–water partition coefficient (Wildman–Crippen LogP) is -1.68. The monoisotopic (exact) mass is 279 g/mol. The first-order valence-corrected chi connectivity index (χ1v) is 7.41. The van der Waals surface area contributed by atoms with Gasteiger partial charge in [-0.25, -0.2) is 8.42 Å². The highest BCUT2D eigenvalue weighted by molar-refractivity contribution is 7.89. The number of nitrogens with one attached hydrogen (secondary N) is 1. The molecule has 1 aliphatic rings. The van der Waals surface area contributed by atoms with Crippen LogP contribution in [0.25, 0.3) is 0 Å². The molecule has 8 heteroatoms. The molecular weight excluding hydrogens is 258 g/mol. The summed E-state index contributed by atoms with van der Waals surface area (Å²) in [6.45, 7) is 1.36. The van der Waals surface area contributed by atoms with E-state index in [4.69, 9.17) is 4.74 Å². The second-order valence-corrected chi connectivity index (χ2v) is 6.41. The number of carbonyl (C=O) groups is 1. The van der Waals surface area contributed by atoms with Gasteiger partial charge in [-0.1, -0.05) is 0 Å². The van der Waals surface area contributed by atoms with Crippen molar-refractivity contribution in [3.63, 3.8) is 0 Å². The van der Waals surface area contributed by atoms with Gasteiger partial charge < -0.3 is 15.0 Å². The van der Waals surface area contributed by atoms with Crippen LogP contribution in [0.3, 0.4) is 0 Å². The molecule has 106 valence electrons. The van der Waals surface area contributed by atoms with Crippen LogP contribution in [0, 0.1) is 0 Å². The number of nitrogens with zero attached hydrogens (tertiary/aromatic N) is 2. The Kier molecular flexibility index (Phi) is 5.51. The van der Waals surface area contributed by atoms with Gasteiger partial charge in [-0.2, -0.15) is 4.31 Å². The van der Waals surface area contributed by atoms with Crippen LogP contribution < -0.4 is 5.32 Å². The third-order valence-corrected chi connectivity index (χ3v) is 4.66. The molecule has 1 heterocycles. The molecule has 1 rings (SSSR count). The van der Waals surface area contributed by atoms with Gasteiger partial charge in [0.25, 0.3) is 0 Å². The summed E-state index contributed by atoms with van der Waals surface area (Å²) in [7, 11) is 1.25. The molecule has 7 nitrogen and oxygen atoms in total. The fourth-order valence-corrected chi connectivity index (χ4v) is 3.37. The van der Waals surface area contributed by atoms with Crippen molar-refractivity contribution in [3.8, 4) is 0 Å². The zero-order valence-corrected chi connectivity index (χ0v) is 11.9. The summed E-state index contributed by atoms with van der Waals surface area (Å²) in [4.78, 5) is 13.4. The topological polar surface area (TPSA) is 79.0 Å². The van der Waals surface area contributed by atoms with Gasteiger partial charge in [0, 0.05) is 40.8 Å². The van der Waals surface area contributed by atoms with E-state index in [1.165, 1.54) is 16.3 Å². The van der Waals surface area contributed by atoms with Crippen molar-refractivity contribution in [2.75, 3.05) is 53.2 Å². The maximum absolute atomic E-state index is 12.1. The first kappa shape index (κ1) is 15.4. The van der Waals surface area contributed by atoms with E-state index >= 15 is 0 Å². The largest absolute Gasteiger partial charge is 0.384 e. The molecule has 0 spiro atoms. The van der Waals surface area contributed by atoms with Crippen molar-refractivity contribution in [1.29, 1.82) is 0 Å². The Labute approximate surface area is 108 Å². The standard InChI is InChI=1S/C10H21N3O4S/c1-12(2)10(14)9-8-11-4-5-13(9)18(15,16)7-6-17-3/h9,11H,4-8H2,1-3H3. The second kappa shape index (κ2) is 6.46. The average Bonchev–Trinajstić information content (AvgIpc) is 2.35. The Morgan fingerprint density at radius 1 is 1.50 bits per heavy atom. The molecule has 1 N–H and O–H groups in total. The molecule has 0 aromatic heterocycles. The number of sulfonamides is 1. The number of ether oxygens (including phenoxy) is 1. The Morgan fingerprint density at radius 2 is 2.17 bits per heavy atom. The molecule has 0 aromatic rings. The molecule has 0 aliphatic carbocycles. The summed E-state index contributed by atoms with van der Waals surface area (Å²) >= 11 is 0. The maximum Gasteiger partial charge on any atom is 0.241 e. The van der Waals surface area contributed by atoms with Crippen LogP contribution in [-0.4, -0.2) is 82.8 Å². The first-order chi connectivity index (χ1) is 8.40. The Morgan fingerprint density at radius 3 is 2.72 bits per heavy atom. The van der Waals surface area contributed by atoms with E-state index in [2.05, 4.69) is 5.32 Å². The van der Waals surface area contributed by atoms with Crippen molar-refractivity contribution in [2.24, 2.45) is 0 Å². The van der Waals surface area contributed by atoms with E-state index in [0.717, 1.165) is 0 Å². The minimum Gasteiger partial charge on any atom is -0.384 e. The van der Waals surface area contributed by atoms with E-state index in [1.54, 1.807) is 14.1 Å². The molecule has 1 fully saturated rings. The summed E-state index contributed by atoms with van der Waals surface area (Å²) < 4.78 is 30.3. The minimum absolute atomic E-state index is 0.0965. The van der Waals surface area contributed by atoms with Crippen molar-refractivity contribution in [2.45, 2.75) is 6.04 Å². The first-order valence-electron chi connectivity index (χ1n) is 5.80. The van der Waals surface area contributed by atoms with Crippen molar-refractivity contribution in [3.05, 3.63) is 0 Å². The van der Waals surface area contributed by atoms with Crippen LogP contribution in [-0.2, 0) is 19.6 Å². The van der Waals surface area contributed by atoms with Gasteiger partial charge in [0.05, 0.1) is 12.4 Å². The fourth-order valence-electron chi connectivity index (χ4n) is 1.83. The summed E-state index contributed by atoms with van der Waals surface area (Å²) in [5, 5.41) is 3.04. The highest BCUT2D eigenvalue weighted by atomic mass is 32.2. The Bertz CT molecular complexity index is 383. The lowest BCUT2D eigenvalue weighted by molar-refractivity contribution is -0.133. The number of piperazine rings is 1. The van der Waals surface area contributed by atoms with Gasteiger partial charge in [-0.3, -0.25) is 4.79 Å². The summed E-state index contributed by atoms with van der Waals surface area (Å²) in [6, 6.07) is -0.657. The van der Waals surface area contributed by atoms with Crippen LogP contribution in [0.1, 0.15) is 0 Å². The van der Waals surface area contributed by atoms with Gasteiger partial charge in [-0.05, 0) is 0 Å². The second-order valence-electron chi connectivity index (χ2n) is 4.37. The average molecular weight is 279 g/mol. The van der Waals surface area contributed by atoms with Crippen molar-refractivity contribution < 1.29 is 17.9 Å². The zero-order chi connectivity index (χ0) is 13.8. The normalized spacial score (nSPS) is 21.8. The summed E-state index contributed by atoms with van der Waals surface area (Å²) in [5.41, 5.74) is 0. The number of hydrogen-bond acceptors (Lipinski definition) is 5. The van der Waals surface area contributed by atoms with Crippen LogP contribution in [0.5, 0.6) is 0 Å². The smallest absolute Gasteiger partial charge is 0.241 e. The van der Waals surface area contributed by atoms with Gasteiger partial charge in [0.1, 0.15) is 6.04 Å². The molecule has 0 radical (unpaired) electrons. The lowest BCUT2D eigenvalue weighted by Crippen LogP contribution is -2.59. The number of carbonyl (C=O) groups excluding carboxylic acids is 1. The Balaban J connectivity index is 2.85. The molecular formula is C10H21N3O4S. The van der Waals surface area contributed by atoms with E-state index in [0.29, 0.717) is 19.6 Å². The lowest BCUT2D eigenvalue weighted by atomic mass is 10.2. The number of likely N-dealkylation sites (N-methyl/N-ethyl adjacent to an activating group) is 1. The predicted molar refractivity (Wildman–Crippen MR) is 67.7 cm³/mol. The molecule has 1 atom stereocenters. The number of methoxy groups -OCH3 is 1. The van der Waals surface area contributed by atoms with Gasteiger partial charge in [-0.15, -0.1) is 0 Å². The van der Waals surface area contributed by atoms with E-state index < -0.39 is 16.1 Å². The van der Waals surface area contributed by atoms with E-state index in [9.17, 15) is 13.2 Å². The number of rotatable bonds is 5. The highest BCUT2D eigenvalue weighted by Crippen LogP contribution is 2.12. The van der Waals surface area contributed by atoms with E-state index in [-0.39, 0.29) is 18.3 Å². The fraction of sp³-hybridized carbons (Fsp3) is 0.900. The molecule has 0 aromatic carbocycles. The molecule has 0 bridgehead atoms. The molecule has 1 saturated heterocycles. The molecule has 1 unspecified atom stereocenters. The maximum atomic E-state index is 12.1. The van der Waals surface area contributed by atoms with E-state index in [1.807, 2.05) is 0 Å². The van der Waals surface area contributed by atoms with Crippen LogP contribution in [0.2, 0.25) is 0 Å². The number of hydrogen-bond donors (Lipinski definition) is 1. The third kappa shape index (κ3) is 3.64. The molecule has 18 heavy (non-hydrogen) atoms. The third-order valence-electron chi connectivity index (χ3n) is 2.82. The zero-order valence-electron chi connectivity index (χ0n) is 11.0. The quantitative estimate of drug-likeness (QED) is 0.650. The van der Waals surface area contributed by atoms with Gasteiger partial charge in [0.15, 0.2) is 0 Å². The lowest BCUT2D eigenvalue weighted by Gasteiger charge is -2.35. The van der Waals surface area contributed by atoms with Gasteiger partial charge in [0.2, 0.25) is 15.9 Å². The minimum atomic E-state index is -3.45. The summed E-state index contributed by atoms with van der Waals surface area (Å²) in [5.74, 6) is -0.302. The van der Waals surface area contributed by atoms with Gasteiger partial charge >= 0.3 is 0 Å². The molecule has 1 amide bonds. The Hall–Kier alpha value is -0.700. The van der Waals surface area contributed by atoms with Crippen molar-refractivity contribution >= 4 is 15.9 Å².